The van der Waals surface area contributed by atoms with Gasteiger partial charge in [-0.3, -0.25) is 4.79 Å². The molecule has 0 spiro atoms. The number of benzene rings is 2. The first-order valence-electron chi connectivity index (χ1n) is 6.97. The fourth-order valence-electron chi connectivity index (χ4n) is 2.07. The third-order valence-electron chi connectivity index (χ3n) is 3.31. The summed E-state index contributed by atoms with van der Waals surface area (Å²) in [4.78, 5) is 12.2. The lowest BCUT2D eigenvalue weighted by Gasteiger charge is -2.09. The first kappa shape index (κ1) is 14.8. The molecule has 3 nitrogen and oxygen atoms in total. The molecule has 1 amide bonds. The summed E-state index contributed by atoms with van der Waals surface area (Å²) in [5, 5.41) is 11.6. The van der Waals surface area contributed by atoms with Gasteiger partial charge in [-0.2, -0.15) is 5.26 Å². The summed E-state index contributed by atoms with van der Waals surface area (Å²) in [6.45, 7) is 4.27. The summed E-state index contributed by atoms with van der Waals surface area (Å²) in [5.74, 6) is 0.310. The number of hydrogen-bond donors (Lipinski definition) is 1. The third-order valence-corrected chi connectivity index (χ3v) is 3.31. The summed E-state index contributed by atoms with van der Waals surface area (Å²) in [5.41, 5.74) is 3.43. The van der Waals surface area contributed by atoms with Crippen molar-refractivity contribution in [1.82, 2.24) is 0 Å². The average Bonchev–Trinajstić information content (AvgIpc) is 2.48. The molecule has 0 aliphatic heterocycles. The van der Waals surface area contributed by atoms with Gasteiger partial charge in [0.2, 0.25) is 0 Å². The normalized spacial score (nSPS) is 10.2. The Bertz CT molecular complexity index is 666. The second-order valence-corrected chi connectivity index (χ2v) is 5.27. The zero-order valence-electron chi connectivity index (χ0n) is 12.3. The van der Waals surface area contributed by atoms with Crippen molar-refractivity contribution in [3.05, 3.63) is 65.2 Å². The number of nitrogens with zero attached hydrogens (tertiary/aromatic N) is 1. The molecule has 3 heteroatoms. The molecule has 2 aromatic rings. The van der Waals surface area contributed by atoms with Gasteiger partial charge in [0.25, 0.3) is 5.91 Å². The zero-order valence-corrected chi connectivity index (χ0v) is 12.3. The van der Waals surface area contributed by atoms with E-state index >= 15 is 0 Å². The number of anilines is 1. The Morgan fingerprint density at radius 2 is 1.90 bits per heavy atom. The van der Waals surface area contributed by atoms with Gasteiger partial charge < -0.3 is 5.32 Å². The molecule has 2 rings (SSSR count). The Hall–Kier alpha value is -2.60. The summed E-state index contributed by atoms with van der Waals surface area (Å²) in [7, 11) is 0. The standard InChI is InChI=1S/C18H18N2O/c1-13(2)15-6-8-17(9-7-15)20-18(21)16-5-3-4-14(12-16)10-11-19/h3-9,12-13H,10H2,1-2H3,(H,20,21). The molecule has 0 bridgehead atoms. The molecule has 106 valence electrons. The zero-order chi connectivity index (χ0) is 15.2. The fourth-order valence-corrected chi connectivity index (χ4v) is 2.07. The lowest BCUT2D eigenvalue weighted by molar-refractivity contribution is 0.102. The van der Waals surface area contributed by atoms with Crippen molar-refractivity contribution in [3.63, 3.8) is 0 Å². The predicted molar refractivity (Wildman–Crippen MR) is 84.2 cm³/mol. The van der Waals surface area contributed by atoms with Crippen molar-refractivity contribution in [2.24, 2.45) is 0 Å². The van der Waals surface area contributed by atoms with Crippen molar-refractivity contribution in [2.45, 2.75) is 26.2 Å². The van der Waals surface area contributed by atoms with Crippen molar-refractivity contribution >= 4 is 11.6 Å². The van der Waals surface area contributed by atoms with Gasteiger partial charge in [-0.05, 0) is 41.3 Å². The van der Waals surface area contributed by atoms with Crippen LogP contribution in [-0.2, 0) is 6.42 Å². The van der Waals surface area contributed by atoms with E-state index in [9.17, 15) is 4.79 Å². The SMILES string of the molecule is CC(C)c1ccc(NC(=O)c2cccc(CC#N)c2)cc1. The van der Waals surface area contributed by atoms with E-state index in [2.05, 4.69) is 25.2 Å². The number of carbonyl (C=O) groups is 1. The van der Waals surface area contributed by atoms with Gasteiger partial charge in [0.15, 0.2) is 0 Å². The molecule has 2 aromatic carbocycles. The van der Waals surface area contributed by atoms with Crippen molar-refractivity contribution in [2.75, 3.05) is 5.32 Å². The van der Waals surface area contributed by atoms with Gasteiger partial charge in [0.05, 0.1) is 12.5 Å². The highest BCUT2D eigenvalue weighted by Crippen LogP contribution is 2.18. The highest BCUT2D eigenvalue weighted by Gasteiger charge is 2.07. The van der Waals surface area contributed by atoms with Crippen molar-refractivity contribution in [3.8, 4) is 6.07 Å². The predicted octanol–water partition coefficient (Wildman–Crippen LogP) is 4.13. The second kappa shape index (κ2) is 6.71. The van der Waals surface area contributed by atoms with Crippen LogP contribution in [0.2, 0.25) is 0 Å². The fraction of sp³-hybridized carbons (Fsp3) is 0.222. The Balaban J connectivity index is 2.10. The van der Waals surface area contributed by atoms with E-state index in [0.717, 1.165) is 11.3 Å². The molecule has 0 saturated heterocycles. The summed E-state index contributed by atoms with van der Waals surface area (Å²) < 4.78 is 0. The number of hydrogen-bond acceptors (Lipinski definition) is 2. The quantitative estimate of drug-likeness (QED) is 0.914. The van der Waals surface area contributed by atoms with Crippen LogP contribution < -0.4 is 5.32 Å². The molecule has 0 aromatic heterocycles. The Kier molecular flexibility index (Phi) is 4.73. The smallest absolute Gasteiger partial charge is 0.255 e. The molecular formula is C18H18N2O. The van der Waals surface area contributed by atoms with Gasteiger partial charge in [-0.25, -0.2) is 0 Å². The Morgan fingerprint density at radius 1 is 1.19 bits per heavy atom. The number of nitriles is 1. The minimum Gasteiger partial charge on any atom is -0.322 e. The first-order valence-corrected chi connectivity index (χ1v) is 6.97. The minimum atomic E-state index is -0.160. The average molecular weight is 278 g/mol. The van der Waals surface area contributed by atoms with Crippen molar-refractivity contribution < 1.29 is 4.79 Å². The molecule has 0 heterocycles. The van der Waals surface area contributed by atoms with Crippen molar-refractivity contribution in [1.29, 1.82) is 5.26 Å². The number of nitrogens with one attached hydrogen (secondary N) is 1. The summed E-state index contributed by atoms with van der Waals surface area (Å²) in [6.07, 6.45) is 0.310. The molecular weight excluding hydrogens is 260 g/mol. The lowest BCUT2D eigenvalue weighted by atomic mass is 10.0. The molecule has 0 radical (unpaired) electrons. The van der Waals surface area contributed by atoms with Crippen LogP contribution in [-0.4, -0.2) is 5.91 Å². The molecule has 0 aliphatic carbocycles. The molecule has 21 heavy (non-hydrogen) atoms. The van der Waals surface area contributed by atoms with E-state index in [0.29, 0.717) is 17.9 Å². The number of carbonyl (C=O) groups excluding carboxylic acids is 1. The molecule has 0 fully saturated rings. The van der Waals surface area contributed by atoms with Crippen LogP contribution in [0.15, 0.2) is 48.5 Å². The van der Waals surface area contributed by atoms with Gasteiger partial charge in [-0.1, -0.05) is 38.1 Å². The molecule has 0 atom stereocenters. The van der Waals surface area contributed by atoms with Gasteiger partial charge in [0, 0.05) is 11.3 Å². The van der Waals surface area contributed by atoms with E-state index < -0.39 is 0 Å². The molecule has 0 aliphatic rings. The van der Waals surface area contributed by atoms with Gasteiger partial charge in [0.1, 0.15) is 0 Å². The summed E-state index contributed by atoms with van der Waals surface area (Å²) >= 11 is 0. The third kappa shape index (κ3) is 3.93. The number of rotatable bonds is 4. The maximum Gasteiger partial charge on any atom is 0.255 e. The Morgan fingerprint density at radius 3 is 2.52 bits per heavy atom. The largest absolute Gasteiger partial charge is 0.322 e. The van der Waals surface area contributed by atoms with E-state index in [4.69, 9.17) is 5.26 Å². The maximum absolute atomic E-state index is 12.2. The van der Waals surface area contributed by atoms with E-state index in [-0.39, 0.29) is 5.91 Å². The van der Waals surface area contributed by atoms with Crippen LogP contribution in [0.4, 0.5) is 5.69 Å². The van der Waals surface area contributed by atoms with Crippen LogP contribution in [0.3, 0.4) is 0 Å². The van der Waals surface area contributed by atoms with Crippen LogP contribution in [0.25, 0.3) is 0 Å². The van der Waals surface area contributed by atoms with Gasteiger partial charge in [-0.15, -0.1) is 0 Å². The molecule has 1 N–H and O–H groups in total. The highest BCUT2D eigenvalue weighted by molar-refractivity contribution is 6.04. The van der Waals surface area contributed by atoms with Gasteiger partial charge >= 0.3 is 0 Å². The van der Waals surface area contributed by atoms with Crippen LogP contribution in [0.5, 0.6) is 0 Å². The molecule has 0 unspecified atom stereocenters. The van der Waals surface area contributed by atoms with E-state index in [1.54, 1.807) is 18.2 Å². The Labute approximate surface area is 125 Å². The minimum absolute atomic E-state index is 0.160. The van der Waals surface area contributed by atoms with Crippen LogP contribution >= 0.6 is 0 Å². The maximum atomic E-state index is 12.2. The van der Waals surface area contributed by atoms with E-state index in [1.165, 1.54) is 5.56 Å². The van der Waals surface area contributed by atoms with Crippen LogP contribution in [0.1, 0.15) is 41.3 Å². The lowest BCUT2D eigenvalue weighted by Crippen LogP contribution is -2.12. The summed E-state index contributed by atoms with van der Waals surface area (Å²) in [6, 6.07) is 17.1. The first-order chi connectivity index (χ1) is 10.1. The topological polar surface area (TPSA) is 52.9 Å². The van der Waals surface area contributed by atoms with Crippen LogP contribution in [0, 0.1) is 11.3 Å². The highest BCUT2D eigenvalue weighted by atomic mass is 16.1. The monoisotopic (exact) mass is 278 g/mol. The van der Waals surface area contributed by atoms with E-state index in [1.807, 2.05) is 30.3 Å². The number of amides is 1. The molecule has 0 saturated carbocycles. The second-order valence-electron chi connectivity index (χ2n) is 5.27.